The zero-order valence-electron chi connectivity index (χ0n) is 14.8. The van der Waals surface area contributed by atoms with Crippen molar-refractivity contribution in [3.05, 3.63) is 0 Å². The molecule has 1 aliphatic rings. The Hall–Kier alpha value is -0.570. The average molecular weight is 347 g/mol. The number of ether oxygens (including phenoxy) is 1. The van der Waals surface area contributed by atoms with E-state index in [1.165, 1.54) is 26.3 Å². The molecule has 7 heteroatoms. The van der Waals surface area contributed by atoms with Crippen molar-refractivity contribution in [3.63, 3.8) is 0 Å². The van der Waals surface area contributed by atoms with Crippen LogP contribution in [0.15, 0.2) is 0 Å². The lowest BCUT2D eigenvalue weighted by Gasteiger charge is -2.46. The highest BCUT2D eigenvalue weighted by Gasteiger charge is 2.56. The van der Waals surface area contributed by atoms with E-state index in [1.54, 1.807) is 0 Å². The average Bonchev–Trinajstić information content (AvgIpc) is 2.57. The van der Waals surface area contributed by atoms with Crippen molar-refractivity contribution in [2.75, 3.05) is 13.7 Å². The number of likely N-dealkylation sites (N-methyl/N-ethyl adjacent to an activating group) is 1. The van der Waals surface area contributed by atoms with Gasteiger partial charge in [-0.15, -0.1) is 0 Å². The molecule has 0 aromatic heterocycles. The van der Waals surface area contributed by atoms with E-state index in [9.17, 15) is 25.2 Å². The number of unbranched alkanes of at least 4 members (excludes halogenated alkanes) is 6. The highest BCUT2D eigenvalue weighted by Crippen LogP contribution is 2.30. The van der Waals surface area contributed by atoms with E-state index in [2.05, 4.69) is 12.2 Å². The number of hydrogen-bond donors (Lipinski definition) is 5. The Morgan fingerprint density at radius 2 is 1.67 bits per heavy atom. The number of rotatable bonds is 11. The number of ketones is 1. The Morgan fingerprint density at radius 1 is 1.08 bits per heavy atom. The molecule has 1 rings (SSSR count). The van der Waals surface area contributed by atoms with Crippen LogP contribution >= 0.6 is 0 Å². The fraction of sp³-hybridized carbons (Fsp3) is 0.941. The van der Waals surface area contributed by atoms with Crippen LogP contribution in [-0.2, 0) is 9.53 Å². The van der Waals surface area contributed by atoms with Gasteiger partial charge in [0, 0.05) is 6.42 Å². The van der Waals surface area contributed by atoms with Crippen molar-refractivity contribution in [2.24, 2.45) is 0 Å². The second kappa shape index (κ2) is 10.4. The van der Waals surface area contributed by atoms with E-state index in [0.29, 0.717) is 6.42 Å². The molecule has 0 aromatic rings. The van der Waals surface area contributed by atoms with Gasteiger partial charge in [-0.05, 0) is 13.5 Å². The number of hydrogen-bond acceptors (Lipinski definition) is 7. The zero-order chi connectivity index (χ0) is 18.2. The predicted molar refractivity (Wildman–Crippen MR) is 89.4 cm³/mol. The summed E-state index contributed by atoms with van der Waals surface area (Å²) in [6, 6.07) is -1.15. The molecule has 142 valence electrons. The first kappa shape index (κ1) is 21.5. The van der Waals surface area contributed by atoms with Gasteiger partial charge in [-0.2, -0.15) is 0 Å². The summed E-state index contributed by atoms with van der Waals surface area (Å²) < 4.78 is 5.26. The maximum absolute atomic E-state index is 12.4. The highest BCUT2D eigenvalue weighted by molar-refractivity contribution is 5.86. The Morgan fingerprint density at radius 3 is 2.21 bits per heavy atom. The van der Waals surface area contributed by atoms with Crippen LogP contribution in [0, 0.1) is 0 Å². The molecule has 7 nitrogen and oxygen atoms in total. The normalized spacial score (nSPS) is 33.6. The third-order valence-electron chi connectivity index (χ3n) is 4.72. The summed E-state index contributed by atoms with van der Waals surface area (Å²) in [5, 5.41) is 42.5. The molecule has 24 heavy (non-hydrogen) atoms. The SMILES string of the molecule is CCCCCCCCCC(=O)C1(O)O[C@H](CO)[C@@H](O)[C@H](O)[C@H]1NC. The summed E-state index contributed by atoms with van der Waals surface area (Å²) in [6.45, 7) is 1.56. The van der Waals surface area contributed by atoms with Crippen molar-refractivity contribution in [1.82, 2.24) is 5.32 Å². The monoisotopic (exact) mass is 347 g/mol. The van der Waals surface area contributed by atoms with Crippen molar-refractivity contribution < 1.29 is 30.0 Å². The Balaban J connectivity index is 2.55. The van der Waals surface area contributed by atoms with E-state index >= 15 is 0 Å². The first-order chi connectivity index (χ1) is 11.4. The van der Waals surface area contributed by atoms with E-state index in [-0.39, 0.29) is 6.42 Å². The van der Waals surface area contributed by atoms with Gasteiger partial charge in [0.05, 0.1) is 12.6 Å². The van der Waals surface area contributed by atoms with Gasteiger partial charge in [-0.3, -0.25) is 4.79 Å². The lowest BCUT2D eigenvalue weighted by Crippen LogP contribution is -2.71. The second-order valence-corrected chi connectivity index (χ2v) is 6.58. The van der Waals surface area contributed by atoms with E-state index in [1.807, 2.05) is 0 Å². The molecule has 1 unspecified atom stereocenters. The molecule has 0 amide bonds. The van der Waals surface area contributed by atoms with Crippen LogP contribution in [0.2, 0.25) is 0 Å². The van der Waals surface area contributed by atoms with Crippen LogP contribution in [0.4, 0.5) is 0 Å². The summed E-state index contributed by atoms with van der Waals surface area (Å²) in [5.41, 5.74) is 0. The van der Waals surface area contributed by atoms with Gasteiger partial charge in [0.1, 0.15) is 18.3 Å². The number of carbonyl (C=O) groups is 1. The summed E-state index contributed by atoms with van der Waals surface area (Å²) in [7, 11) is 1.47. The smallest absolute Gasteiger partial charge is 0.245 e. The summed E-state index contributed by atoms with van der Waals surface area (Å²) >= 11 is 0. The first-order valence-corrected chi connectivity index (χ1v) is 9.00. The molecule has 1 aliphatic heterocycles. The van der Waals surface area contributed by atoms with Crippen LogP contribution in [-0.4, -0.2) is 70.0 Å². The number of carbonyl (C=O) groups excluding carboxylic acids is 1. The summed E-state index contributed by atoms with van der Waals surface area (Å²) in [5.74, 6) is -2.79. The molecule has 0 radical (unpaired) electrons. The van der Waals surface area contributed by atoms with Gasteiger partial charge in [0.25, 0.3) is 0 Å². The van der Waals surface area contributed by atoms with Gasteiger partial charge < -0.3 is 30.5 Å². The number of nitrogens with one attached hydrogen (secondary N) is 1. The molecule has 5 atom stereocenters. The van der Waals surface area contributed by atoms with E-state index in [4.69, 9.17) is 4.74 Å². The minimum absolute atomic E-state index is 0.128. The Bertz CT molecular complexity index is 380. The minimum Gasteiger partial charge on any atom is -0.394 e. The van der Waals surface area contributed by atoms with Crippen LogP contribution in [0.25, 0.3) is 0 Å². The maximum atomic E-state index is 12.4. The van der Waals surface area contributed by atoms with Crippen molar-refractivity contribution in [3.8, 4) is 0 Å². The molecule has 1 saturated heterocycles. The fourth-order valence-electron chi connectivity index (χ4n) is 3.19. The molecular formula is C17H33NO6. The standard InChI is InChI=1S/C17H33NO6/c1-3-4-5-6-7-8-9-10-13(20)17(23)16(18-2)15(22)14(21)12(11-19)24-17/h12,14-16,18-19,21-23H,3-11H2,1-2H3/t12-,14-,15+,16-,17?/m1/s1. The molecule has 1 fully saturated rings. The molecule has 5 N–H and O–H groups in total. The fourth-order valence-corrected chi connectivity index (χ4v) is 3.19. The van der Waals surface area contributed by atoms with Gasteiger partial charge in [0.2, 0.25) is 5.79 Å². The second-order valence-electron chi connectivity index (χ2n) is 6.58. The number of aliphatic hydroxyl groups is 4. The third-order valence-corrected chi connectivity index (χ3v) is 4.72. The molecule has 0 spiro atoms. The molecule has 0 aliphatic carbocycles. The Labute approximate surface area is 144 Å². The zero-order valence-corrected chi connectivity index (χ0v) is 14.8. The van der Waals surface area contributed by atoms with Gasteiger partial charge >= 0.3 is 0 Å². The first-order valence-electron chi connectivity index (χ1n) is 9.00. The van der Waals surface area contributed by atoms with Crippen LogP contribution in [0.5, 0.6) is 0 Å². The van der Waals surface area contributed by atoms with Gasteiger partial charge in [-0.25, -0.2) is 0 Å². The quantitative estimate of drug-likeness (QED) is 0.336. The van der Waals surface area contributed by atoms with Crippen molar-refractivity contribution >= 4 is 5.78 Å². The highest BCUT2D eigenvalue weighted by atomic mass is 16.7. The van der Waals surface area contributed by atoms with E-state index < -0.39 is 42.5 Å². The summed E-state index contributed by atoms with van der Waals surface area (Å²) in [6.07, 6.45) is 3.45. The topological polar surface area (TPSA) is 119 Å². The van der Waals surface area contributed by atoms with Crippen molar-refractivity contribution in [2.45, 2.75) is 88.4 Å². The molecule has 0 bridgehead atoms. The lowest BCUT2D eigenvalue weighted by molar-refractivity contribution is -0.302. The van der Waals surface area contributed by atoms with Crippen LogP contribution in [0.1, 0.15) is 58.3 Å². The molecule has 0 aromatic carbocycles. The summed E-state index contributed by atoms with van der Waals surface area (Å²) in [4.78, 5) is 12.4. The predicted octanol–water partition coefficient (Wildman–Crippen LogP) is 0.0857. The van der Waals surface area contributed by atoms with Crippen LogP contribution in [0.3, 0.4) is 0 Å². The Kier molecular flexibility index (Phi) is 9.33. The van der Waals surface area contributed by atoms with Gasteiger partial charge in [0.15, 0.2) is 5.78 Å². The van der Waals surface area contributed by atoms with Crippen molar-refractivity contribution in [1.29, 1.82) is 0 Å². The largest absolute Gasteiger partial charge is 0.394 e. The number of Topliss-reactive ketones (excluding diaryl/α,β-unsaturated/α-hetero) is 1. The maximum Gasteiger partial charge on any atom is 0.245 e. The molecule has 0 saturated carbocycles. The molecular weight excluding hydrogens is 314 g/mol. The number of aliphatic hydroxyl groups excluding tert-OH is 3. The van der Waals surface area contributed by atoms with E-state index in [0.717, 1.165) is 19.3 Å². The lowest BCUT2D eigenvalue weighted by atomic mass is 9.86. The van der Waals surface area contributed by atoms with Gasteiger partial charge in [-0.1, -0.05) is 45.4 Å². The van der Waals surface area contributed by atoms with Crippen LogP contribution < -0.4 is 5.32 Å². The molecule has 1 heterocycles. The third kappa shape index (κ3) is 5.21. The minimum atomic E-state index is -2.25.